The number of carbonyl (C=O) groups is 1. The monoisotopic (exact) mass is 414 g/mol. The molecule has 2 aliphatic rings. The second kappa shape index (κ2) is 8.57. The van der Waals surface area contributed by atoms with Crippen LogP contribution in [0.4, 0.5) is 0 Å². The van der Waals surface area contributed by atoms with Crippen LogP contribution >= 0.6 is 0 Å². The van der Waals surface area contributed by atoms with Crippen LogP contribution in [0, 0.1) is 0 Å². The fraction of sp³-hybridized carbons (Fsp3) is 0.320. The van der Waals surface area contributed by atoms with Gasteiger partial charge in [-0.05, 0) is 34.9 Å². The Morgan fingerprint density at radius 2 is 1.74 bits per heavy atom. The smallest absolute Gasteiger partial charge is 0.257 e. The Labute approximate surface area is 182 Å². The topological polar surface area (TPSA) is 58.6 Å². The first-order valence-corrected chi connectivity index (χ1v) is 10.7. The highest BCUT2D eigenvalue weighted by Gasteiger charge is 2.56. The quantitative estimate of drug-likeness (QED) is 0.643. The summed E-state index contributed by atoms with van der Waals surface area (Å²) in [5, 5.41) is 0. The van der Waals surface area contributed by atoms with Crippen LogP contribution in [0.5, 0.6) is 0 Å². The first-order chi connectivity index (χ1) is 15.2. The maximum absolute atomic E-state index is 13.9. The van der Waals surface area contributed by atoms with Crippen molar-refractivity contribution in [3.63, 3.8) is 0 Å². The molecule has 3 aromatic rings. The lowest BCUT2D eigenvalue weighted by atomic mass is 9.83. The Morgan fingerprint density at radius 3 is 2.52 bits per heavy atom. The minimum absolute atomic E-state index is 0.0610. The predicted molar refractivity (Wildman–Crippen MR) is 117 cm³/mol. The van der Waals surface area contributed by atoms with Crippen molar-refractivity contribution in [2.45, 2.75) is 24.6 Å². The Hall–Kier alpha value is -3.09. The summed E-state index contributed by atoms with van der Waals surface area (Å²) in [6.07, 6.45) is 7.26. The van der Waals surface area contributed by atoms with Crippen molar-refractivity contribution in [2.75, 3.05) is 26.2 Å². The highest BCUT2D eigenvalue weighted by Crippen LogP contribution is 2.42. The predicted octanol–water partition coefficient (Wildman–Crippen LogP) is 2.87. The van der Waals surface area contributed by atoms with Gasteiger partial charge in [-0.15, -0.1) is 0 Å². The summed E-state index contributed by atoms with van der Waals surface area (Å²) in [5.74, 6) is 0.0165. The van der Waals surface area contributed by atoms with Crippen LogP contribution in [0.15, 0.2) is 79.4 Å². The summed E-state index contributed by atoms with van der Waals surface area (Å²) >= 11 is 0. The molecule has 2 aromatic heterocycles. The van der Waals surface area contributed by atoms with E-state index in [9.17, 15) is 4.79 Å². The molecule has 0 N–H and O–H groups in total. The number of amides is 1. The Morgan fingerprint density at radius 1 is 0.935 bits per heavy atom. The van der Waals surface area contributed by atoms with Gasteiger partial charge in [0, 0.05) is 63.4 Å². The largest absolute Gasteiger partial charge is 0.361 e. The fourth-order valence-corrected chi connectivity index (χ4v) is 4.82. The van der Waals surface area contributed by atoms with Gasteiger partial charge >= 0.3 is 0 Å². The van der Waals surface area contributed by atoms with Gasteiger partial charge in [0.1, 0.15) is 0 Å². The van der Waals surface area contributed by atoms with E-state index in [1.54, 1.807) is 6.20 Å². The van der Waals surface area contributed by atoms with Gasteiger partial charge in [-0.25, -0.2) is 0 Å². The molecule has 0 radical (unpaired) electrons. The summed E-state index contributed by atoms with van der Waals surface area (Å²) in [5.41, 5.74) is 2.48. The standard InChI is InChI=1S/C25H26N4O2/c30-24-25(31-14-13-29(24)17-20-5-2-1-3-6-20)19-28(16-21-8-11-26-12-9-21)18-23(25)22-7-4-10-27-15-22/h1-12,15,23H,13-14,16-19H2. The van der Waals surface area contributed by atoms with Crippen LogP contribution in [-0.2, 0) is 22.6 Å². The molecule has 2 fully saturated rings. The first kappa shape index (κ1) is 19.8. The van der Waals surface area contributed by atoms with E-state index >= 15 is 0 Å². The van der Waals surface area contributed by atoms with Crippen molar-refractivity contribution in [1.82, 2.24) is 19.8 Å². The van der Waals surface area contributed by atoms with Crippen LogP contribution in [0.1, 0.15) is 22.6 Å². The Bertz CT molecular complexity index is 1020. The number of hydrogen-bond donors (Lipinski definition) is 0. The third kappa shape index (κ3) is 3.96. The summed E-state index contributed by atoms with van der Waals surface area (Å²) in [6, 6.07) is 18.2. The molecule has 4 heterocycles. The molecule has 0 aliphatic carbocycles. The summed E-state index contributed by atoms with van der Waals surface area (Å²) in [6.45, 7) is 3.83. The van der Waals surface area contributed by atoms with Gasteiger partial charge in [0.25, 0.3) is 5.91 Å². The lowest BCUT2D eigenvalue weighted by molar-refractivity contribution is -0.173. The highest BCUT2D eigenvalue weighted by atomic mass is 16.5. The second-order valence-corrected chi connectivity index (χ2v) is 8.31. The molecule has 2 atom stereocenters. The molecular weight excluding hydrogens is 388 g/mol. The molecule has 31 heavy (non-hydrogen) atoms. The molecule has 0 bridgehead atoms. The van der Waals surface area contributed by atoms with Gasteiger partial charge in [0.15, 0.2) is 5.60 Å². The van der Waals surface area contributed by atoms with Crippen molar-refractivity contribution >= 4 is 5.91 Å². The van der Waals surface area contributed by atoms with E-state index in [0.717, 1.165) is 24.2 Å². The summed E-state index contributed by atoms with van der Waals surface area (Å²) in [7, 11) is 0. The molecular formula is C25H26N4O2. The SMILES string of the molecule is O=C1N(Cc2ccccc2)CCOC12CN(Cc1ccncc1)CC2c1cccnc1. The molecule has 1 spiro atoms. The molecule has 1 amide bonds. The molecule has 6 heteroatoms. The van der Waals surface area contributed by atoms with Crippen LogP contribution in [-0.4, -0.2) is 57.5 Å². The number of carbonyl (C=O) groups excluding carboxylic acids is 1. The zero-order chi connectivity index (χ0) is 21.1. The van der Waals surface area contributed by atoms with E-state index in [2.05, 4.69) is 33.1 Å². The number of likely N-dealkylation sites (tertiary alicyclic amines) is 1. The first-order valence-electron chi connectivity index (χ1n) is 10.7. The van der Waals surface area contributed by atoms with E-state index in [-0.39, 0.29) is 11.8 Å². The number of aromatic nitrogens is 2. The number of benzene rings is 1. The summed E-state index contributed by atoms with van der Waals surface area (Å²) < 4.78 is 6.37. The van der Waals surface area contributed by atoms with Gasteiger partial charge in [-0.3, -0.25) is 19.7 Å². The lowest BCUT2D eigenvalue weighted by Crippen LogP contribution is -2.59. The van der Waals surface area contributed by atoms with Crippen molar-refractivity contribution in [2.24, 2.45) is 0 Å². The maximum Gasteiger partial charge on any atom is 0.257 e. The molecule has 158 valence electrons. The van der Waals surface area contributed by atoms with Crippen LogP contribution in [0.3, 0.4) is 0 Å². The van der Waals surface area contributed by atoms with Crippen LogP contribution in [0.25, 0.3) is 0 Å². The van der Waals surface area contributed by atoms with E-state index in [1.165, 1.54) is 5.56 Å². The lowest BCUT2D eigenvalue weighted by Gasteiger charge is -2.42. The third-order valence-corrected chi connectivity index (χ3v) is 6.29. The molecule has 2 unspecified atom stereocenters. The van der Waals surface area contributed by atoms with Crippen molar-refractivity contribution in [3.8, 4) is 0 Å². The zero-order valence-corrected chi connectivity index (χ0v) is 17.4. The van der Waals surface area contributed by atoms with Gasteiger partial charge in [-0.1, -0.05) is 36.4 Å². The van der Waals surface area contributed by atoms with Gasteiger partial charge < -0.3 is 9.64 Å². The maximum atomic E-state index is 13.9. The molecule has 1 aromatic carbocycles. The molecule has 2 aliphatic heterocycles. The highest BCUT2D eigenvalue weighted by molar-refractivity contribution is 5.88. The average Bonchev–Trinajstić information content (AvgIpc) is 3.17. The normalized spacial score (nSPS) is 24.1. The van der Waals surface area contributed by atoms with Crippen LogP contribution < -0.4 is 0 Å². The zero-order valence-electron chi connectivity index (χ0n) is 17.4. The van der Waals surface area contributed by atoms with E-state index < -0.39 is 5.60 Å². The van der Waals surface area contributed by atoms with Gasteiger partial charge in [-0.2, -0.15) is 0 Å². The number of rotatable bonds is 5. The van der Waals surface area contributed by atoms with Gasteiger partial charge in [0.2, 0.25) is 0 Å². The summed E-state index contributed by atoms with van der Waals surface area (Å²) in [4.78, 5) is 26.6. The molecule has 0 saturated carbocycles. The van der Waals surface area contributed by atoms with E-state index in [1.807, 2.05) is 59.9 Å². The number of nitrogens with zero attached hydrogens (tertiary/aromatic N) is 4. The number of morpholine rings is 1. The number of ether oxygens (including phenoxy) is 1. The van der Waals surface area contributed by atoms with E-state index in [0.29, 0.717) is 26.2 Å². The van der Waals surface area contributed by atoms with Gasteiger partial charge in [0.05, 0.1) is 6.61 Å². The van der Waals surface area contributed by atoms with Crippen molar-refractivity contribution in [1.29, 1.82) is 0 Å². The van der Waals surface area contributed by atoms with Crippen molar-refractivity contribution in [3.05, 3.63) is 96.1 Å². The van der Waals surface area contributed by atoms with Crippen LogP contribution in [0.2, 0.25) is 0 Å². The fourth-order valence-electron chi connectivity index (χ4n) is 4.82. The van der Waals surface area contributed by atoms with Crippen molar-refractivity contribution < 1.29 is 9.53 Å². The molecule has 6 nitrogen and oxygen atoms in total. The Balaban J connectivity index is 1.45. The second-order valence-electron chi connectivity index (χ2n) is 8.31. The number of pyridine rings is 2. The minimum Gasteiger partial charge on any atom is -0.361 e. The van der Waals surface area contributed by atoms with E-state index in [4.69, 9.17) is 4.74 Å². The molecule has 5 rings (SSSR count). The average molecular weight is 415 g/mol. The molecule has 2 saturated heterocycles. The minimum atomic E-state index is -0.886. The third-order valence-electron chi connectivity index (χ3n) is 6.29. The Kier molecular flexibility index (Phi) is 5.49. The number of hydrogen-bond acceptors (Lipinski definition) is 5.